The summed E-state index contributed by atoms with van der Waals surface area (Å²) in [7, 11) is 3.14. The zero-order valence-electron chi connectivity index (χ0n) is 18.0. The van der Waals surface area contributed by atoms with Crippen molar-refractivity contribution in [1.29, 1.82) is 0 Å². The molecule has 10 heteroatoms. The normalized spacial score (nSPS) is 11.0. The van der Waals surface area contributed by atoms with Crippen LogP contribution in [0.25, 0.3) is 28.3 Å². The molecule has 0 N–H and O–H groups in total. The van der Waals surface area contributed by atoms with Crippen LogP contribution < -0.4 is 4.74 Å². The highest BCUT2D eigenvalue weighted by Crippen LogP contribution is 2.26. The van der Waals surface area contributed by atoms with Crippen LogP contribution in [-0.4, -0.2) is 52.2 Å². The van der Waals surface area contributed by atoms with E-state index < -0.39 is 11.6 Å². The van der Waals surface area contributed by atoms with Crippen molar-refractivity contribution >= 4 is 0 Å². The first-order valence-electron chi connectivity index (χ1n) is 10.0. The van der Waals surface area contributed by atoms with Gasteiger partial charge in [-0.3, -0.25) is 9.55 Å². The zero-order chi connectivity index (χ0) is 23.2. The molecule has 0 saturated heterocycles. The van der Waals surface area contributed by atoms with Crippen LogP contribution in [0.15, 0.2) is 54.9 Å². The van der Waals surface area contributed by atoms with Gasteiger partial charge in [0.15, 0.2) is 11.6 Å². The third kappa shape index (κ3) is 5.18. The lowest BCUT2D eigenvalue weighted by Crippen LogP contribution is -2.08. The molecule has 3 aromatic heterocycles. The second kappa shape index (κ2) is 10.2. The minimum Gasteiger partial charge on any atom is -0.481 e. The molecule has 0 aliphatic rings. The fraction of sp³-hybridized carbons (Fsp3) is 0.217. The Morgan fingerprint density at radius 2 is 1.67 bits per heavy atom. The summed E-state index contributed by atoms with van der Waals surface area (Å²) in [6.45, 7) is 1.06. The Hall–Kier alpha value is -3.76. The van der Waals surface area contributed by atoms with Gasteiger partial charge in [0.05, 0.1) is 37.9 Å². The maximum absolute atomic E-state index is 13.6. The van der Waals surface area contributed by atoms with E-state index in [-0.39, 0.29) is 6.61 Å². The van der Waals surface area contributed by atoms with Crippen LogP contribution in [0, 0.1) is 11.6 Å². The van der Waals surface area contributed by atoms with Crippen LogP contribution in [0.1, 0.15) is 5.82 Å². The smallest absolute Gasteiger partial charge is 0.213 e. The zero-order valence-corrected chi connectivity index (χ0v) is 18.0. The lowest BCUT2D eigenvalue weighted by atomic mass is 10.1. The van der Waals surface area contributed by atoms with E-state index in [1.165, 1.54) is 12.1 Å². The molecular weight excluding hydrogens is 432 g/mol. The molecule has 4 aromatic rings. The minimum atomic E-state index is -0.666. The van der Waals surface area contributed by atoms with Crippen LogP contribution in [-0.2, 0) is 16.1 Å². The Labute approximate surface area is 188 Å². The summed E-state index contributed by atoms with van der Waals surface area (Å²) < 4.78 is 44.8. The average molecular weight is 453 g/mol. The van der Waals surface area contributed by atoms with Gasteiger partial charge in [0.1, 0.15) is 18.2 Å². The number of aromatic nitrogens is 5. The number of rotatable bonds is 9. The number of benzene rings is 1. The summed E-state index contributed by atoms with van der Waals surface area (Å²) in [6.07, 6.45) is 3.22. The number of halogens is 2. The topological polar surface area (TPSA) is 84.2 Å². The molecular formula is C23H21F2N5O3. The van der Waals surface area contributed by atoms with Crippen LogP contribution in [0.4, 0.5) is 8.78 Å². The van der Waals surface area contributed by atoms with Gasteiger partial charge in [-0.2, -0.15) is 0 Å². The Morgan fingerprint density at radius 3 is 2.30 bits per heavy atom. The predicted octanol–water partition coefficient (Wildman–Crippen LogP) is 3.84. The second-order valence-corrected chi connectivity index (χ2v) is 6.97. The van der Waals surface area contributed by atoms with E-state index in [9.17, 15) is 8.78 Å². The molecule has 0 atom stereocenters. The largest absolute Gasteiger partial charge is 0.481 e. The third-order valence-corrected chi connectivity index (χ3v) is 4.76. The molecule has 0 amide bonds. The van der Waals surface area contributed by atoms with Gasteiger partial charge in [-0.1, -0.05) is 0 Å². The summed E-state index contributed by atoms with van der Waals surface area (Å²) in [5, 5.41) is 8.59. The van der Waals surface area contributed by atoms with Crippen LogP contribution in [0.3, 0.4) is 0 Å². The SMILES string of the molecule is COCCOCc1nnc(-c2ccc(-c3cc(F)cc(F)c3)nc2)n1-c1ccc(OC)nc1. The average Bonchev–Trinajstić information content (AvgIpc) is 3.25. The highest BCUT2D eigenvalue weighted by Gasteiger charge is 2.17. The molecule has 0 bridgehead atoms. The third-order valence-electron chi connectivity index (χ3n) is 4.76. The molecule has 0 fully saturated rings. The summed E-state index contributed by atoms with van der Waals surface area (Å²) in [6, 6.07) is 10.3. The molecule has 0 saturated carbocycles. The van der Waals surface area contributed by atoms with E-state index in [0.717, 1.165) is 6.07 Å². The monoisotopic (exact) mass is 453 g/mol. The van der Waals surface area contributed by atoms with Crippen LogP contribution in [0.5, 0.6) is 5.88 Å². The molecule has 170 valence electrons. The maximum atomic E-state index is 13.6. The first-order chi connectivity index (χ1) is 16.1. The van der Waals surface area contributed by atoms with Gasteiger partial charge in [-0.05, 0) is 30.3 Å². The second-order valence-electron chi connectivity index (χ2n) is 6.97. The highest BCUT2D eigenvalue weighted by atomic mass is 19.1. The number of ether oxygens (including phenoxy) is 3. The molecule has 33 heavy (non-hydrogen) atoms. The molecule has 0 aliphatic carbocycles. The van der Waals surface area contributed by atoms with Gasteiger partial charge in [0.2, 0.25) is 5.88 Å². The fourth-order valence-electron chi connectivity index (χ4n) is 3.20. The summed E-state index contributed by atoms with van der Waals surface area (Å²) in [5.41, 5.74) is 2.13. The number of hydrogen-bond acceptors (Lipinski definition) is 7. The molecule has 0 radical (unpaired) electrons. The van der Waals surface area contributed by atoms with Gasteiger partial charge in [-0.15, -0.1) is 10.2 Å². The predicted molar refractivity (Wildman–Crippen MR) is 116 cm³/mol. The number of nitrogens with zero attached hydrogens (tertiary/aromatic N) is 5. The van der Waals surface area contributed by atoms with Gasteiger partial charge >= 0.3 is 0 Å². The first-order valence-corrected chi connectivity index (χ1v) is 10.0. The lowest BCUT2D eigenvalue weighted by Gasteiger charge is -2.11. The quantitative estimate of drug-likeness (QED) is 0.356. The summed E-state index contributed by atoms with van der Waals surface area (Å²) in [5.74, 6) is 0.210. The molecule has 0 spiro atoms. The first kappa shape index (κ1) is 22.4. The highest BCUT2D eigenvalue weighted by molar-refractivity contribution is 5.64. The molecule has 8 nitrogen and oxygen atoms in total. The van der Waals surface area contributed by atoms with Crippen molar-refractivity contribution in [2.75, 3.05) is 27.4 Å². The van der Waals surface area contributed by atoms with Crippen LogP contribution in [0.2, 0.25) is 0 Å². The van der Waals surface area contributed by atoms with E-state index >= 15 is 0 Å². The van der Waals surface area contributed by atoms with Gasteiger partial charge in [-0.25, -0.2) is 13.8 Å². The fourth-order valence-corrected chi connectivity index (χ4v) is 3.20. The molecule has 4 rings (SSSR count). The van der Waals surface area contributed by atoms with Gasteiger partial charge in [0, 0.05) is 36.6 Å². The molecule has 0 unspecified atom stereocenters. The van der Waals surface area contributed by atoms with Crippen molar-refractivity contribution < 1.29 is 23.0 Å². The minimum absolute atomic E-state index is 0.205. The lowest BCUT2D eigenvalue weighted by molar-refractivity contribution is 0.0580. The molecule has 1 aromatic carbocycles. The number of methoxy groups -OCH3 is 2. The van der Waals surface area contributed by atoms with Crippen molar-refractivity contribution in [2.24, 2.45) is 0 Å². The van der Waals surface area contributed by atoms with Crippen molar-refractivity contribution in [1.82, 2.24) is 24.7 Å². The van der Waals surface area contributed by atoms with E-state index in [1.54, 1.807) is 49.4 Å². The Morgan fingerprint density at radius 1 is 0.848 bits per heavy atom. The molecule has 3 heterocycles. The molecule has 0 aliphatic heterocycles. The Balaban J connectivity index is 1.69. The van der Waals surface area contributed by atoms with E-state index in [0.29, 0.717) is 53.3 Å². The van der Waals surface area contributed by atoms with Crippen LogP contribution >= 0.6 is 0 Å². The standard InChI is InChI=1S/C23H21F2N5O3/c1-31-7-8-33-14-21-28-29-23(30(21)19-4-6-22(32-2)27-13-19)15-3-5-20(26-12-15)16-9-17(24)11-18(25)10-16/h3-6,9-13H,7-8,14H2,1-2H3. The van der Waals surface area contributed by atoms with Crippen molar-refractivity contribution in [3.63, 3.8) is 0 Å². The maximum Gasteiger partial charge on any atom is 0.213 e. The van der Waals surface area contributed by atoms with Crippen molar-refractivity contribution in [3.8, 4) is 34.2 Å². The van der Waals surface area contributed by atoms with Gasteiger partial charge < -0.3 is 14.2 Å². The van der Waals surface area contributed by atoms with E-state index in [2.05, 4.69) is 20.2 Å². The van der Waals surface area contributed by atoms with Crippen molar-refractivity contribution in [3.05, 3.63) is 72.3 Å². The van der Waals surface area contributed by atoms with E-state index in [4.69, 9.17) is 14.2 Å². The summed E-state index contributed by atoms with van der Waals surface area (Å²) in [4.78, 5) is 8.63. The number of pyridine rings is 2. The van der Waals surface area contributed by atoms with Crippen molar-refractivity contribution in [2.45, 2.75) is 6.61 Å². The summed E-state index contributed by atoms with van der Waals surface area (Å²) >= 11 is 0. The van der Waals surface area contributed by atoms with Gasteiger partial charge in [0.25, 0.3) is 0 Å². The number of hydrogen-bond donors (Lipinski definition) is 0. The van der Waals surface area contributed by atoms with E-state index in [1.807, 2.05) is 6.07 Å². The Kier molecular flexibility index (Phi) is 6.96. The Bertz CT molecular complexity index is 1190.